The maximum Gasteiger partial charge on any atom is 0.265 e. The largest absolute Gasteiger partial charge is 0.481 e. The van der Waals surface area contributed by atoms with Crippen molar-refractivity contribution in [1.82, 2.24) is 0 Å². The minimum absolute atomic E-state index is 0.145. The molecule has 3 nitrogen and oxygen atoms in total. The van der Waals surface area contributed by atoms with Crippen LogP contribution in [0.2, 0.25) is 0 Å². The van der Waals surface area contributed by atoms with Gasteiger partial charge in [0.1, 0.15) is 5.75 Å². The Morgan fingerprint density at radius 2 is 1.83 bits per heavy atom. The van der Waals surface area contributed by atoms with Crippen molar-refractivity contribution in [3.8, 4) is 5.75 Å². The summed E-state index contributed by atoms with van der Waals surface area (Å²) < 4.78 is 5.79. The zero-order chi connectivity index (χ0) is 16.8. The zero-order valence-electron chi connectivity index (χ0n) is 14.1. The smallest absolute Gasteiger partial charge is 0.265 e. The Balaban J connectivity index is 2.05. The van der Waals surface area contributed by atoms with Crippen molar-refractivity contribution in [1.29, 1.82) is 0 Å². The summed E-state index contributed by atoms with van der Waals surface area (Å²) in [6, 6.07) is 13.8. The second-order valence-corrected chi connectivity index (χ2v) is 6.81. The number of para-hydroxylation sites is 1. The van der Waals surface area contributed by atoms with Gasteiger partial charge < -0.3 is 10.1 Å². The molecule has 23 heavy (non-hydrogen) atoms. The summed E-state index contributed by atoms with van der Waals surface area (Å²) in [6.45, 7) is 7.89. The number of carbonyl (C=O) groups excluding carboxylic acids is 1. The van der Waals surface area contributed by atoms with E-state index >= 15 is 0 Å². The Kier molecular flexibility index (Phi) is 6.11. The van der Waals surface area contributed by atoms with Crippen LogP contribution in [0.5, 0.6) is 5.75 Å². The second kappa shape index (κ2) is 8.06. The van der Waals surface area contributed by atoms with Crippen molar-refractivity contribution in [2.45, 2.75) is 38.7 Å². The van der Waals surface area contributed by atoms with Crippen molar-refractivity contribution < 1.29 is 9.53 Å². The van der Waals surface area contributed by atoms with E-state index in [0.717, 1.165) is 33.2 Å². The molecular weight excluding hydrogens is 306 g/mol. The van der Waals surface area contributed by atoms with Crippen LogP contribution in [0.15, 0.2) is 47.4 Å². The fourth-order valence-electron chi connectivity index (χ4n) is 2.34. The molecule has 0 unspecified atom stereocenters. The summed E-state index contributed by atoms with van der Waals surface area (Å²) >= 11 is 1.71. The SMILES string of the molecule is CCSc1ccccc1NC(=O)[C@@H](C)Oc1cc(C)cc(C)c1. The number of aryl methyl sites for hydroxylation is 2. The molecule has 122 valence electrons. The van der Waals surface area contributed by atoms with E-state index in [9.17, 15) is 4.79 Å². The first-order chi connectivity index (χ1) is 11.0. The number of rotatable bonds is 6. The molecular formula is C19H23NO2S. The van der Waals surface area contributed by atoms with Crippen LogP contribution in [0.3, 0.4) is 0 Å². The number of hydrogen-bond donors (Lipinski definition) is 1. The van der Waals surface area contributed by atoms with Crippen molar-refractivity contribution in [2.75, 3.05) is 11.1 Å². The Hall–Kier alpha value is -1.94. The fourth-order valence-corrected chi connectivity index (χ4v) is 3.10. The van der Waals surface area contributed by atoms with E-state index < -0.39 is 6.10 Å². The number of nitrogens with one attached hydrogen (secondary N) is 1. The number of carbonyl (C=O) groups is 1. The lowest BCUT2D eigenvalue weighted by molar-refractivity contribution is -0.122. The minimum Gasteiger partial charge on any atom is -0.481 e. The maximum absolute atomic E-state index is 12.4. The predicted octanol–water partition coefficient (Wildman–Crippen LogP) is 4.82. The van der Waals surface area contributed by atoms with Gasteiger partial charge in [-0.25, -0.2) is 0 Å². The molecule has 0 bridgehead atoms. The molecule has 4 heteroatoms. The molecule has 0 radical (unpaired) electrons. The molecule has 0 heterocycles. The van der Waals surface area contributed by atoms with E-state index in [1.54, 1.807) is 18.7 Å². The quantitative estimate of drug-likeness (QED) is 0.772. The van der Waals surface area contributed by atoms with Gasteiger partial charge in [0.25, 0.3) is 5.91 Å². The third-order valence-corrected chi connectivity index (χ3v) is 4.28. The van der Waals surface area contributed by atoms with E-state index in [0.29, 0.717) is 0 Å². The van der Waals surface area contributed by atoms with Gasteiger partial charge in [-0.15, -0.1) is 11.8 Å². The predicted molar refractivity (Wildman–Crippen MR) is 97.5 cm³/mol. The van der Waals surface area contributed by atoms with Gasteiger partial charge in [0.15, 0.2) is 6.10 Å². The Bertz CT molecular complexity index is 665. The number of hydrogen-bond acceptors (Lipinski definition) is 3. The Morgan fingerprint density at radius 3 is 2.48 bits per heavy atom. The minimum atomic E-state index is -0.559. The van der Waals surface area contributed by atoms with E-state index in [-0.39, 0.29) is 5.91 Å². The standard InChI is InChI=1S/C19H23NO2S/c1-5-23-18-9-7-6-8-17(18)20-19(21)15(4)22-16-11-13(2)10-14(3)12-16/h6-12,15H,5H2,1-4H3,(H,20,21)/t15-/m1/s1. The molecule has 1 atom stereocenters. The van der Waals surface area contributed by atoms with Crippen LogP contribution in [-0.4, -0.2) is 17.8 Å². The molecule has 0 aromatic heterocycles. The first-order valence-electron chi connectivity index (χ1n) is 7.77. The van der Waals surface area contributed by atoms with Gasteiger partial charge in [0.2, 0.25) is 0 Å². The highest BCUT2D eigenvalue weighted by molar-refractivity contribution is 7.99. The highest BCUT2D eigenvalue weighted by Crippen LogP contribution is 2.27. The molecule has 2 aromatic rings. The molecule has 1 amide bonds. The number of anilines is 1. The molecule has 2 rings (SSSR count). The first kappa shape index (κ1) is 17.4. The second-order valence-electron chi connectivity index (χ2n) is 5.50. The lowest BCUT2D eigenvalue weighted by atomic mass is 10.1. The summed E-state index contributed by atoms with van der Waals surface area (Å²) in [6.07, 6.45) is -0.559. The van der Waals surface area contributed by atoms with Crippen LogP contribution in [0.1, 0.15) is 25.0 Å². The molecule has 0 aliphatic heterocycles. The van der Waals surface area contributed by atoms with E-state index in [1.807, 2.05) is 50.2 Å². The maximum atomic E-state index is 12.4. The average molecular weight is 329 g/mol. The van der Waals surface area contributed by atoms with Gasteiger partial charge in [-0.3, -0.25) is 4.79 Å². The summed E-state index contributed by atoms with van der Waals surface area (Å²) in [5, 5.41) is 2.96. The van der Waals surface area contributed by atoms with Gasteiger partial charge in [-0.05, 0) is 61.9 Å². The van der Waals surface area contributed by atoms with Crippen LogP contribution < -0.4 is 10.1 Å². The Morgan fingerprint density at radius 1 is 1.17 bits per heavy atom. The summed E-state index contributed by atoms with van der Waals surface area (Å²) in [7, 11) is 0. The zero-order valence-corrected chi connectivity index (χ0v) is 14.9. The molecule has 0 spiro atoms. The summed E-state index contributed by atoms with van der Waals surface area (Å²) in [4.78, 5) is 13.5. The van der Waals surface area contributed by atoms with Crippen LogP contribution in [0.25, 0.3) is 0 Å². The Labute approximate surface area is 142 Å². The monoisotopic (exact) mass is 329 g/mol. The molecule has 0 saturated carbocycles. The highest BCUT2D eigenvalue weighted by atomic mass is 32.2. The van der Waals surface area contributed by atoms with E-state index in [4.69, 9.17) is 4.74 Å². The third kappa shape index (κ3) is 5.03. The van der Waals surface area contributed by atoms with Gasteiger partial charge in [-0.2, -0.15) is 0 Å². The molecule has 1 N–H and O–H groups in total. The summed E-state index contributed by atoms with van der Waals surface area (Å²) in [5.41, 5.74) is 3.08. The van der Waals surface area contributed by atoms with Crippen molar-refractivity contribution >= 4 is 23.4 Å². The van der Waals surface area contributed by atoms with Crippen LogP contribution in [0.4, 0.5) is 5.69 Å². The van der Waals surface area contributed by atoms with Crippen molar-refractivity contribution in [3.05, 3.63) is 53.6 Å². The van der Waals surface area contributed by atoms with Gasteiger partial charge >= 0.3 is 0 Å². The normalized spacial score (nSPS) is 11.8. The fraction of sp³-hybridized carbons (Fsp3) is 0.316. The number of amides is 1. The van der Waals surface area contributed by atoms with Gasteiger partial charge in [0.05, 0.1) is 5.69 Å². The third-order valence-electron chi connectivity index (χ3n) is 3.32. The molecule has 0 fully saturated rings. The molecule has 0 saturated heterocycles. The molecule has 0 aliphatic carbocycles. The van der Waals surface area contributed by atoms with Crippen LogP contribution in [0, 0.1) is 13.8 Å². The lowest BCUT2D eigenvalue weighted by Crippen LogP contribution is -2.30. The first-order valence-corrected chi connectivity index (χ1v) is 8.75. The van der Waals surface area contributed by atoms with Crippen LogP contribution in [-0.2, 0) is 4.79 Å². The molecule has 2 aromatic carbocycles. The topological polar surface area (TPSA) is 38.3 Å². The van der Waals surface area contributed by atoms with Crippen molar-refractivity contribution in [3.63, 3.8) is 0 Å². The number of thioether (sulfide) groups is 1. The van der Waals surface area contributed by atoms with E-state index in [1.165, 1.54) is 0 Å². The van der Waals surface area contributed by atoms with E-state index in [2.05, 4.69) is 18.3 Å². The number of ether oxygens (including phenoxy) is 1. The van der Waals surface area contributed by atoms with Crippen molar-refractivity contribution in [2.24, 2.45) is 0 Å². The summed E-state index contributed by atoms with van der Waals surface area (Å²) in [5.74, 6) is 1.54. The van der Waals surface area contributed by atoms with Crippen LogP contribution >= 0.6 is 11.8 Å². The lowest BCUT2D eigenvalue weighted by Gasteiger charge is -2.17. The number of benzene rings is 2. The molecule has 0 aliphatic rings. The average Bonchev–Trinajstić information content (AvgIpc) is 2.48. The van der Waals surface area contributed by atoms with Gasteiger partial charge in [-0.1, -0.05) is 25.1 Å². The van der Waals surface area contributed by atoms with Gasteiger partial charge in [0, 0.05) is 4.90 Å². The highest BCUT2D eigenvalue weighted by Gasteiger charge is 2.16.